The van der Waals surface area contributed by atoms with Crippen molar-refractivity contribution in [2.24, 2.45) is 5.41 Å². The van der Waals surface area contributed by atoms with Gasteiger partial charge in [-0.15, -0.1) is 11.3 Å². The highest BCUT2D eigenvalue weighted by Crippen LogP contribution is 2.28. The number of nitrogens with zero attached hydrogens (tertiary/aromatic N) is 1. The molecule has 0 spiro atoms. The fourth-order valence-corrected chi connectivity index (χ4v) is 3.08. The Hall–Kier alpha value is 0.0700. The second kappa shape index (κ2) is 5.61. The molecule has 16 heavy (non-hydrogen) atoms. The summed E-state index contributed by atoms with van der Waals surface area (Å²) in [6.45, 7) is 11.2. The summed E-state index contributed by atoms with van der Waals surface area (Å²) in [5.74, 6) is 0. The summed E-state index contributed by atoms with van der Waals surface area (Å²) in [5, 5.41) is 4.81. The monoisotopic (exact) mass is 304 g/mol. The van der Waals surface area contributed by atoms with Crippen molar-refractivity contribution in [3.8, 4) is 0 Å². The van der Waals surface area contributed by atoms with Crippen LogP contribution in [0, 0.1) is 5.41 Å². The van der Waals surface area contributed by atoms with Crippen molar-refractivity contribution in [3.63, 3.8) is 0 Å². The lowest BCUT2D eigenvalue weighted by Gasteiger charge is -2.32. The number of rotatable bonds is 4. The third-order valence-electron chi connectivity index (χ3n) is 2.77. The van der Waals surface area contributed by atoms with E-state index in [1.807, 2.05) is 6.20 Å². The van der Waals surface area contributed by atoms with Gasteiger partial charge in [-0.1, -0.05) is 27.7 Å². The zero-order chi connectivity index (χ0) is 12.3. The molecular formula is C12H21BrN2S. The molecule has 2 atom stereocenters. The Morgan fingerprint density at radius 1 is 1.50 bits per heavy atom. The molecule has 0 bridgehead atoms. The van der Waals surface area contributed by atoms with Gasteiger partial charge in [-0.2, -0.15) is 0 Å². The van der Waals surface area contributed by atoms with Crippen LogP contribution in [-0.2, 0) is 0 Å². The first-order chi connectivity index (χ1) is 7.34. The Labute approximate surface area is 111 Å². The van der Waals surface area contributed by atoms with Gasteiger partial charge in [-0.05, 0) is 34.7 Å². The van der Waals surface area contributed by atoms with Crippen LogP contribution in [0.4, 0.5) is 0 Å². The SMILES string of the molecule is CCC(NC(C)c1ncc(Br)s1)C(C)(C)C. The van der Waals surface area contributed by atoms with Gasteiger partial charge in [0.05, 0.1) is 16.0 Å². The lowest BCUT2D eigenvalue weighted by atomic mass is 9.85. The molecule has 92 valence electrons. The van der Waals surface area contributed by atoms with E-state index in [4.69, 9.17) is 0 Å². The minimum Gasteiger partial charge on any atom is -0.305 e. The summed E-state index contributed by atoms with van der Waals surface area (Å²) in [6, 6.07) is 0.839. The molecule has 0 aliphatic carbocycles. The number of hydrogen-bond acceptors (Lipinski definition) is 3. The molecule has 1 heterocycles. The highest BCUT2D eigenvalue weighted by molar-refractivity contribution is 9.11. The quantitative estimate of drug-likeness (QED) is 0.893. The maximum absolute atomic E-state index is 4.39. The van der Waals surface area contributed by atoms with Gasteiger partial charge in [-0.3, -0.25) is 0 Å². The van der Waals surface area contributed by atoms with E-state index in [0.29, 0.717) is 12.1 Å². The standard InChI is InChI=1S/C12H21BrN2S/c1-6-9(12(3,4)5)15-8(2)11-14-7-10(13)16-11/h7-9,15H,6H2,1-5H3. The van der Waals surface area contributed by atoms with Crippen molar-refractivity contribution in [3.05, 3.63) is 15.0 Å². The average Bonchev–Trinajstić information content (AvgIpc) is 2.59. The van der Waals surface area contributed by atoms with Crippen molar-refractivity contribution in [1.82, 2.24) is 10.3 Å². The van der Waals surface area contributed by atoms with Gasteiger partial charge in [0.2, 0.25) is 0 Å². The summed E-state index contributed by atoms with van der Waals surface area (Å²) >= 11 is 5.15. The Bertz CT molecular complexity index is 330. The molecule has 0 saturated heterocycles. The third kappa shape index (κ3) is 3.82. The highest BCUT2D eigenvalue weighted by Gasteiger charge is 2.25. The molecule has 0 amide bonds. The van der Waals surface area contributed by atoms with Crippen LogP contribution in [0.15, 0.2) is 9.98 Å². The van der Waals surface area contributed by atoms with E-state index in [-0.39, 0.29) is 5.41 Å². The highest BCUT2D eigenvalue weighted by atomic mass is 79.9. The molecule has 1 aromatic rings. The van der Waals surface area contributed by atoms with Crippen molar-refractivity contribution in [2.75, 3.05) is 0 Å². The fourth-order valence-electron chi connectivity index (χ4n) is 1.82. The van der Waals surface area contributed by atoms with Gasteiger partial charge in [0.15, 0.2) is 0 Å². The Kier molecular flexibility index (Phi) is 4.95. The van der Waals surface area contributed by atoms with Gasteiger partial charge in [0, 0.05) is 6.04 Å². The number of thiazole rings is 1. The first-order valence-electron chi connectivity index (χ1n) is 5.72. The predicted molar refractivity (Wildman–Crippen MR) is 74.9 cm³/mol. The molecule has 2 nitrogen and oxygen atoms in total. The first kappa shape index (κ1) is 14.1. The average molecular weight is 305 g/mol. The Morgan fingerprint density at radius 2 is 2.12 bits per heavy atom. The van der Waals surface area contributed by atoms with Crippen LogP contribution >= 0.6 is 27.3 Å². The van der Waals surface area contributed by atoms with E-state index in [9.17, 15) is 0 Å². The molecular weight excluding hydrogens is 284 g/mol. The van der Waals surface area contributed by atoms with Crippen molar-refractivity contribution >= 4 is 27.3 Å². The van der Waals surface area contributed by atoms with E-state index < -0.39 is 0 Å². The van der Waals surface area contributed by atoms with Crippen molar-refractivity contribution in [1.29, 1.82) is 0 Å². The number of halogens is 1. The van der Waals surface area contributed by atoms with Gasteiger partial charge in [-0.25, -0.2) is 4.98 Å². The van der Waals surface area contributed by atoms with Crippen molar-refractivity contribution in [2.45, 2.75) is 53.1 Å². The van der Waals surface area contributed by atoms with E-state index in [1.54, 1.807) is 11.3 Å². The topological polar surface area (TPSA) is 24.9 Å². The maximum Gasteiger partial charge on any atom is 0.110 e. The van der Waals surface area contributed by atoms with Crippen LogP contribution in [0.25, 0.3) is 0 Å². The molecule has 0 aliphatic rings. The zero-order valence-corrected chi connectivity index (χ0v) is 13.1. The number of hydrogen-bond donors (Lipinski definition) is 1. The molecule has 1 rings (SSSR count). The van der Waals surface area contributed by atoms with Gasteiger partial charge in [0.1, 0.15) is 5.01 Å². The largest absolute Gasteiger partial charge is 0.305 e. The summed E-state index contributed by atoms with van der Waals surface area (Å²) in [6.07, 6.45) is 3.01. The normalized spacial score (nSPS) is 16.1. The van der Waals surface area contributed by atoms with E-state index in [2.05, 4.69) is 60.8 Å². The summed E-state index contributed by atoms with van der Waals surface area (Å²) < 4.78 is 1.10. The number of aromatic nitrogens is 1. The summed E-state index contributed by atoms with van der Waals surface area (Å²) in [4.78, 5) is 4.39. The summed E-state index contributed by atoms with van der Waals surface area (Å²) in [7, 11) is 0. The van der Waals surface area contributed by atoms with E-state index in [0.717, 1.165) is 15.2 Å². The molecule has 4 heteroatoms. The molecule has 1 N–H and O–H groups in total. The molecule has 2 unspecified atom stereocenters. The van der Waals surface area contributed by atoms with Crippen LogP contribution < -0.4 is 5.32 Å². The lowest BCUT2D eigenvalue weighted by Crippen LogP contribution is -2.41. The molecule has 0 fully saturated rings. The van der Waals surface area contributed by atoms with Gasteiger partial charge >= 0.3 is 0 Å². The molecule has 0 saturated carbocycles. The van der Waals surface area contributed by atoms with Gasteiger partial charge < -0.3 is 5.32 Å². The second-order valence-electron chi connectivity index (χ2n) is 5.22. The number of nitrogens with one attached hydrogen (secondary N) is 1. The Morgan fingerprint density at radius 3 is 2.50 bits per heavy atom. The van der Waals surface area contributed by atoms with Crippen LogP contribution in [0.5, 0.6) is 0 Å². The lowest BCUT2D eigenvalue weighted by molar-refractivity contribution is 0.244. The van der Waals surface area contributed by atoms with Crippen LogP contribution in [0.3, 0.4) is 0 Å². The van der Waals surface area contributed by atoms with Crippen LogP contribution in [0.1, 0.15) is 52.1 Å². The fraction of sp³-hybridized carbons (Fsp3) is 0.750. The molecule has 0 aliphatic heterocycles. The Balaban J connectivity index is 2.66. The van der Waals surface area contributed by atoms with Crippen LogP contribution in [-0.4, -0.2) is 11.0 Å². The van der Waals surface area contributed by atoms with Gasteiger partial charge in [0.25, 0.3) is 0 Å². The zero-order valence-electron chi connectivity index (χ0n) is 10.7. The second-order valence-corrected chi connectivity index (χ2v) is 7.66. The maximum atomic E-state index is 4.39. The molecule has 1 aromatic heterocycles. The smallest absolute Gasteiger partial charge is 0.110 e. The van der Waals surface area contributed by atoms with E-state index >= 15 is 0 Å². The summed E-state index contributed by atoms with van der Waals surface area (Å²) in [5.41, 5.74) is 0.289. The minimum absolute atomic E-state index is 0.289. The van der Waals surface area contributed by atoms with E-state index in [1.165, 1.54) is 0 Å². The van der Waals surface area contributed by atoms with Crippen LogP contribution in [0.2, 0.25) is 0 Å². The predicted octanol–water partition coefficient (Wildman–Crippen LogP) is 4.38. The minimum atomic E-state index is 0.289. The molecule has 0 radical (unpaired) electrons. The third-order valence-corrected chi connectivity index (χ3v) is 4.43. The van der Waals surface area contributed by atoms with Crippen molar-refractivity contribution < 1.29 is 0 Å². The first-order valence-corrected chi connectivity index (χ1v) is 7.32. The molecule has 0 aromatic carbocycles.